The van der Waals surface area contributed by atoms with Crippen molar-refractivity contribution in [3.05, 3.63) is 47.3 Å². The number of aromatic nitrogens is 1. The molecule has 2 aromatic rings. The highest BCUT2D eigenvalue weighted by molar-refractivity contribution is 7.89. The number of aryl methyl sites for hydroxylation is 2. The highest BCUT2D eigenvalue weighted by atomic mass is 32.2. The molecule has 2 fully saturated rings. The van der Waals surface area contributed by atoms with Crippen LogP contribution in [-0.2, 0) is 14.8 Å². The third-order valence-corrected chi connectivity index (χ3v) is 8.16. The van der Waals surface area contributed by atoms with Crippen molar-refractivity contribution in [2.24, 2.45) is 5.92 Å². The second kappa shape index (κ2) is 9.07. The van der Waals surface area contributed by atoms with Crippen LogP contribution in [0.25, 0.3) is 0 Å². The van der Waals surface area contributed by atoms with Gasteiger partial charge in [-0.2, -0.15) is 4.31 Å². The maximum Gasteiger partial charge on any atom is 0.270 e. The van der Waals surface area contributed by atoms with Crippen LogP contribution in [-0.4, -0.2) is 60.6 Å². The van der Waals surface area contributed by atoms with E-state index in [1.165, 1.54) is 16.6 Å². The molecule has 0 saturated carbocycles. The van der Waals surface area contributed by atoms with E-state index in [2.05, 4.69) is 10.3 Å². The minimum atomic E-state index is -3.80. The topological polar surface area (TPSA) is 103 Å². The fourth-order valence-electron chi connectivity index (χ4n) is 4.45. The molecular weight excluding hydrogens is 428 g/mol. The van der Waals surface area contributed by atoms with Crippen LogP contribution in [0.5, 0.6) is 0 Å². The lowest BCUT2D eigenvalue weighted by atomic mass is 9.98. The molecule has 4 rings (SSSR count). The number of nitrogens with one attached hydrogen (secondary N) is 2. The number of carbonyl (C=O) groups is 2. The molecule has 0 spiro atoms. The third kappa shape index (κ3) is 4.59. The summed E-state index contributed by atoms with van der Waals surface area (Å²) in [5, 5.41) is 2.95. The van der Waals surface area contributed by atoms with E-state index in [0.29, 0.717) is 32.5 Å². The number of nitrogens with zero attached hydrogens (tertiary/aromatic N) is 2. The van der Waals surface area contributed by atoms with Gasteiger partial charge in [-0.15, -0.1) is 0 Å². The standard InChI is InChI=1S/C23H30N4O4S/c1-16-7-8-20(17(2)12-16)25-22(28)18-6-5-11-27(15-18)32(30,31)19-13-21(24-14-19)23(29)26-9-3-4-10-26/h7-8,12-14,18,24H,3-6,9-11,15H2,1-2H3,(H,25,28)/t18-/m0/s1. The number of amides is 2. The first-order chi connectivity index (χ1) is 15.3. The lowest BCUT2D eigenvalue weighted by Crippen LogP contribution is -2.43. The van der Waals surface area contributed by atoms with Crippen LogP contribution in [0.15, 0.2) is 35.4 Å². The fourth-order valence-corrected chi connectivity index (χ4v) is 5.97. The Morgan fingerprint density at radius 2 is 1.81 bits per heavy atom. The van der Waals surface area contributed by atoms with Gasteiger partial charge in [-0.25, -0.2) is 8.42 Å². The number of hydrogen-bond donors (Lipinski definition) is 2. The highest BCUT2D eigenvalue weighted by Crippen LogP contribution is 2.26. The summed E-state index contributed by atoms with van der Waals surface area (Å²) < 4.78 is 27.8. The zero-order valence-corrected chi connectivity index (χ0v) is 19.4. The molecule has 9 heteroatoms. The summed E-state index contributed by atoms with van der Waals surface area (Å²) in [6.07, 6.45) is 4.55. The molecule has 0 unspecified atom stereocenters. The van der Waals surface area contributed by atoms with E-state index in [-0.39, 0.29) is 28.9 Å². The number of piperidine rings is 1. The largest absolute Gasteiger partial charge is 0.356 e. The molecule has 8 nitrogen and oxygen atoms in total. The van der Waals surface area contributed by atoms with Gasteiger partial charge in [-0.1, -0.05) is 17.7 Å². The van der Waals surface area contributed by atoms with Crippen molar-refractivity contribution in [3.8, 4) is 0 Å². The van der Waals surface area contributed by atoms with Gasteiger partial charge in [0.15, 0.2) is 0 Å². The smallest absolute Gasteiger partial charge is 0.270 e. The number of rotatable bonds is 5. The molecule has 2 saturated heterocycles. The monoisotopic (exact) mass is 458 g/mol. The summed E-state index contributed by atoms with van der Waals surface area (Å²) in [4.78, 5) is 30.1. The summed E-state index contributed by atoms with van der Waals surface area (Å²) in [7, 11) is -3.80. The minimum absolute atomic E-state index is 0.0653. The van der Waals surface area contributed by atoms with Gasteiger partial charge in [0.05, 0.1) is 5.92 Å². The molecule has 1 aromatic carbocycles. The van der Waals surface area contributed by atoms with Gasteiger partial charge in [0.25, 0.3) is 5.91 Å². The van der Waals surface area contributed by atoms with Crippen LogP contribution in [0.2, 0.25) is 0 Å². The number of likely N-dealkylation sites (tertiary alicyclic amines) is 1. The van der Waals surface area contributed by atoms with Gasteiger partial charge >= 0.3 is 0 Å². The van der Waals surface area contributed by atoms with Gasteiger partial charge in [-0.05, 0) is 57.2 Å². The second-order valence-corrected chi connectivity index (χ2v) is 10.7. The molecule has 0 aliphatic carbocycles. The Morgan fingerprint density at radius 1 is 1.06 bits per heavy atom. The van der Waals surface area contributed by atoms with E-state index >= 15 is 0 Å². The molecule has 0 radical (unpaired) electrons. The average Bonchev–Trinajstić information content (AvgIpc) is 3.48. The number of anilines is 1. The van der Waals surface area contributed by atoms with Crippen LogP contribution >= 0.6 is 0 Å². The average molecular weight is 459 g/mol. The van der Waals surface area contributed by atoms with E-state index in [9.17, 15) is 18.0 Å². The van der Waals surface area contributed by atoms with E-state index in [0.717, 1.165) is 29.7 Å². The van der Waals surface area contributed by atoms with Crippen molar-refractivity contribution in [1.82, 2.24) is 14.2 Å². The number of benzene rings is 1. The number of sulfonamides is 1. The Morgan fingerprint density at radius 3 is 2.53 bits per heavy atom. The van der Waals surface area contributed by atoms with Crippen LogP contribution in [0.4, 0.5) is 5.69 Å². The highest BCUT2D eigenvalue weighted by Gasteiger charge is 2.34. The van der Waals surface area contributed by atoms with Crippen molar-refractivity contribution >= 4 is 27.5 Å². The first kappa shape index (κ1) is 22.5. The van der Waals surface area contributed by atoms with E-state index in [1.54, 1.807) is 4.90 Å². The van der Waals surface area contributed by atoms with Gasteiger partial charge < -0.3 is 15.2 Å². The Hall–Kier alpha value is -2.65. The number of aromatic amines is 1. The molecule has 32 heavy (non-hydrogen) atoms. The van der Waals surface area contributed by atoms with Crippen LogP contribution < -0.4 is 5.32 Å². The van der Waals surface area contributed by atoms with Gasteiger partial charge in [-0.3, -0.25) is 9.59 Å². The quantitative estimate of drug-likeness (QED) is 0.719. The molecule has 2 amide bonds. The Labute approximate surface area is 189 Å². The van der Waals surface area contributed by atoms with Crippen molar-refractivity contribution in [2.75, 3.05) is 31.5 Å². The zero-order valence-electron chi connectivity index (χ0n) is 18.6. The third-order valence-electron chi connectivity index (χ3n) is 6.31. The summed E-state index contributed by atoms with van der Waals surface area (Å²) in [6, 6.07) is 7.22. The summed E-state index contributed by atoms with van der Waals surface area (Å²) in [5.74, 6) is -0.770. The molecular formula is C23H30N4O4S. The molecule has 1 aromatic heterocycles. The first-order valence-electron chi connectivity index (χ1n) is 11.1. The van der Waals surface area contributed by atoms with Crippen LogP contribution in [0, 0.1) is 19.8 Å². The molecule has 172 valence electrons. The van der Waals surface area contributed by atoms with Gasteiger partial charge in [0, 0.05) is 38.1 Å². The van der Waals surface area contributed by atoms with E-state index in [4.69, 9.17) is 0 Å². The van der Waals surface area contributed by atoms with Crippen molar-refractivity contribution in [1.29, 1.82) is 0 Å². The number of carbonyl (C=O) groups excluding carboxylic acids is 2. The fraction of sp³-hybridized carbons (Fsp3) is 0.478. The van der Waals surface area contributed by atoms with Crippen molar-refractivity contribution < 1.29 is 18.0 Å². The molecule has 1 atom stereocenters. The Balaban J connectivity index is 1.45. The lowest BCUT2D eigenvalue weighted by molar-refractivity contribution is -0.120. The second-order valence-electron chi connectivity index (χ2n) is 8.76. The van der Waals surface area contributed by atoms with Gasteiger partial charge in [0.1, 0.15) is 10.6 Å². The molecule has 0 bridgehead atoms. The number of H-pyrrole nitrogens is 1. The predicted octanol–water partition coefficient (Wildman–Crippen LogP) is 2.91. The van der Waals surface area contributed by atoms with Crippen molar-refractivity contribution in [3.63, 3.8) is 0 Å². The van der Waals surface area contributed by atoms with Gasteiger partial charge in [0.2, 0.25) is 15.9 Å². The van der Waals surface area contributed by atoms with E-state index in [1.807, 2.05) is 32.0 Å². The summed E-state index contributed by atoms with van der Waals surface area (Å²) in [6.45, 7) is 5.81. The molecule has 3 heterocycles. The lowest BCUT2D eigenvalue weighted by Gasteiger charge is -2.31. The zero-order chi connectivity index (χ0) is 22.9. The Bertz CT molecular complexity index is 1120. The predicted molar refractivity (Wildman–Crippen MR) is 122 cm³/mol. The van der Waals surface area contributed by atoms with Crippen molar-refractivity contribution in [2.45, 2.75) is 44.4 Å². The summed E-state index contributed by atoms with van der Waals surface area (Å²) >= 11 is 0. The van der Waals surface area contributed by atoms with E-state index < -0.39 is 15.9 Å². The first-order valence-corrected chi connectivity index (χ1v) is 12.6. The summed E-state index contributed by atoms with van der Waals surface area (Å²) in [5.41, 5.74) is 3.12. The maximum atomic E-state index is 13.2. The van der Waals surface area contributed by atoms with Crippen LogP contribution in [0.1, 0.15) is 47.3 Å². The number of hydrogen-bond acceptors (Lipinski definition) is 4. The normalized spacial score (nSPS) is 19.8. The van der Waals surface area contributed by atoms with Crippen LogP contribution in [0.3, 0.4) is 0 Å². The minimum Gasteiger partial charge on any atom is -0.356 e. The SMILES string of the molecule is Cc1ccc(NC(=O)[C@H]2CCCN(S(=O)(=O)c3c[nH]c(C(=O)N4CCCC4)c3)C2)c(C)c1. The maximum absolute atomic E-state index is 13.2. The molecule has 2 aliphatic rings. The Kier molecular flexibility index (Phi) is 6.39. The molecule has 2 aliphatic heterocycles. The molecule has 2 N–H and O–H groups in total.